The summed E-state index contributed by atoms with van der Waals surface area (Å²) in [6.07, 6.45) is 2.83. The quantitative estimate of drug-likeness (QED) is 0.890. The molecule has 2 aliphatic heterocycles. The van der Waals surface area contributed by atoms with E-state index in [-0.39, 0.29) is 18.1 Å². The van der Waals surface area contributed by atoms with Crippen LogP contribution in [-0.4, -0.2) is 46.7 Å². The van der Waals surface area contributed by atoms with Gasteiger partial charge in [0.2, 0.25) is 11.8 Å². The Morgan fingerprint density at radius 3 is 3.08 bits per heavy atom. The second-order valence-electron chi connectivity index (χ2n) is 6.66. The van der Waals surface area contributed by atoms with Crippen LogP contribution in [0.1, 0.15) is 36.2 Å². The number of para-hydroxylation sites is 1. The smallest absolute Gasteiger partial charge is 0.234 e. The minimum Gasteiger partial charge on any atom is -0.488 e. The van der Waals surface area contributed by atoms with Gasteiger partial charge in [0.25, 0.3) is 0 Å². The second-order valence-corrected chi connectivity index (χ2v) is 6.66. The van der Waals surface area contributed by atoms with Crippen molar-refractivity contribution in [3.05, 3.63) is 41.5 Å². The van der Waals surface area contributed by atoms with E-state index < -0.39 is 0 Å². The van der Waals surface area contributed by atoms with Gasteiger partial charge < -0.3 is 14.6 Å². The number of benzene rings is 1. The van der Waals surface area contributed by atoms with Gasteiger partial charge in [0.05, 0.1) is 19.1 Å². The van der Waals surface area contributed by atoms with Crippen LogP contribution < -0.4 is 10.1 Å². The molecule has 7 nitrogen and oxygen atoms in total. The van der Waals surface area contributed by atoms with Gasteiger partial charge in [-0.1, -0.05) is 23.4 Å². The number of aromatic nitrogens is 2. The molecule has 1 fully saturated rings. The first kappa shape index (κ1) is 16.1. The summed E-state index contributed by atoms with van der Waals surface area (Å²) in [6, 6.07) is 8.08. The molecule has 132 valence electrons. The van der Waals surface area contributed by atoms with Crippen LogP contribution in [-0.2, 0) is 11.2 Å². The van der Waals surface area contributed by atoms with E-state index in [1.807, 2.05) is 18.2 Å². The number of aryl methyl sites for hydroxylation is 1. The Morgan fingerprint density at radius 1 is 1.40 bits per heavy atom. The molecule has 4 rings (SSSR count). The van der Waals surface area contributed by atoms with E-state index in [1.165, 1.54) is 5.56 Å². The lowest BCUT2D eigenvalue weighted by atomic mass is 10.1. The van der Waals surface area contributed by atoms with E-state index in [1.54, 1.807) is 6.92 Å². The minimum atomic E-state index is 0.00618. The first-order chi connectivity index (χ1) is 12.2. The van der Waals surface area contributed by atoms with Crippen molar-refractivity contribution in [1.29, 1.82) is 0 Å². The number of nitrogens with zero attached hydrogens (tertiary/aromatic N) is 3. The van der Waals surface area contributed by atoms with Gasteiger partial charge in [-0.3, -0.25) is 9.69 Å². The summed E-state index contributed by atoms with van der Waals surface area (Å²) in [5, 5.41) is 7.00. The van der Waals surface area contributed by atoms with E-state index in [4.69, 9.17) is 9.26 Å². The minimum absolute atomic E-state index is 0.00618. The van der Waals surface area contributed by atoms with Crippen LogP contribution in [0.5, 0.6) is 5.75 Å². The van der Waals surface area contributed by atoms with Crippen LogP contribution in [0, 0.1) is 6.92 Å². The second kappa shape index (κ2) is 6.84. The van der Waals surface area contributed by atoms with Crippen LogP contribution in [0.3, 0.4) is 0 Å². The number of likely N-dealkylation sites (tertiary alicyclic amines) is 1. The van der Waals surface area contributed by atoms with Crippen molar-refractivity contribution in [2.75, 3.05) is 19.6 Å². The Hall–Kier alpha value is -2.41. The summed E-state index contributed by atoms with van der Waals surface area (Å²) in [4.78, 5) is 18.8. The summed E-state index contributed by atoms with van der Waals surface area (Å²) in [5.41, 5.74) is 1.20. The molecule has 1 amide bonds. The third-order valence-electron chi connectivity index (χ3n) is 4.79. The Balaban J connectivity index is 1.28. The number of carbonyl (C=O) groups excluding carboxylic acids is 1. The highest BCUT2D eigenvalue weighted by Gasteiger charge is 2.31. The highest BCUT2D eigenvalue weighted by Crippen LogP contribution is 2.30. The number of nitrogens with one attached hydrogen (secondary N) is 1. The Morgan fingerprint density at radius 2 is 2.28 bits per heavy atom. The van der Waals surface area contributed by atoms with Crippen molar-refractivity contribution in [3.63, 3.8) is 0 Å². The van der Waals surface area contributed by atoms with Gasteiger partial charge in [0.15, 0.2) is 5.82 Å². The third-order valence-corrected chi connectivity index (χ3v) is 4.79. The van der Waals surface area contributed by atoms with E-state index in [2.05, 4.69) is 26.4 Å². The van der Waals surface area contributed by atoms with Gasteiger partial charge in [0, 0.05) is 13.3 Å². The fourth-order valence-corrected chi connectivity index (χ4v) is 3.59. The maximum atomic E-state index is 12.3. The zero-order valence-corrected chi connectivity index (χ0v) is 14.3. The first-order valence-electron chi connectivity index (χ1n) is 8.74. The maximum absolute atomic E-state index is 12.3. The van der Waals surface area contributed by atoms with Crippen LogP contribution in [0.15, 0.2) is 28.8 Å². The fourth-order valence-electron chi connectivity index (χ4n) is 3.59. The molecule has 7 heteroatoms. The molecule has 25 heavy (non-hydrogen) atoms. The third kappa shape index (κ3) is 3.51. The van der Waals surface area contributed by atoms with E-state index in [0.717, 1.165) is 31.6 Å². The molecule has 0 unspecified atom stereocenters. The van der Waals surface area contributed by atoms with Crippen molar-refractivity contribution >= 4 is 5.91 Å². The van der Waals surface area contributed by atoms with E-state index >= 15 is 0 Å². The molecule has 2 atom stereocenters. The molecule has 2 aromatic rings. The zero-order valence-electron chi connectivity index (χ0n) is 14.3. The van der Waals surface area contributed by atoms with Crippen molar-refractivity contribution in [1.82, 2.24) is 20.4 Å². The SMILES string of the molecule is Cc1nc([C@@H]2CCCN2CC(=O)NC[C@@H]2Cc3ccccc3O2)no1. The van der Waals surface area contributed by atoms with Crippen molar-refractivity contribution < 1.29 is 14.1 Å². The molecule has 1 aromatic carbocycles. The summed E-state index contributed by atoms with van der Waals surface area (Å²) in [6.45, 7) is 3.52. The average molecular weight is 342 g/mol. The standard InChI is InChI=1S/C18H22N4O3/c1-12-20-18(21-25-12)15-6-4-8-22(15)11-17(23)19-10-14-9-13-5-2-3-7-16(13)24-14/h2-3,5,7,14-15H,4,6,8-11H2,1H3,(H,19,23)/t14-,15-/m0/s1. The van der Waals surface area contributed by atoms with Gasteiger partial charge in [-0.15, -0.1) is 0 Å². The largest absolute Gasteiger partial charge is 0.488 e. The van der Waals surface area contributed by atoms with Crippen LogP contribution in [0.25, 0.3) is 0 Å². The number of fused-ring (bicyclic) bond motifs is 1. The van der Waals surface area contributed by atoms with Crippen molar-refractivity contribution in [2.45, 2.75) is 38.3 Å². The fraction of sp³-hybridized carbons (Fsp3) is 0.500. The zero-order chi connectivity index (χ0) is 17.2. The Labute approximate surface area is 146 Å². The lowest BCUT2D eigenvalue weighted by Gasteiger charge is -2.21. The number of ether oxygens (including phenoxy) is 1. The predicted octanol–water partition coefficient (Wildman–Crippen LogP) is 1.63. The number of carbonyl (C=O) groups is 1. The lowest BCUT2D eigenvalue weighted by molar-refractivity contribution is -0.122. The predicted molar refractivity (Wildman–Crippen MR) is 90.2 cm³/mol. The summed E-state index contributed by atoms with van der Waals surface area (Å²) in [5.74, 6) is 2.17. The molecule has 1 saturated heterocycles. The summed E-state index contributed by atoms with van der Waals surface area (Å²) in [7, 11) is 0. The monoisotopic (exact) mass is 342 g/mol. The van der Waals surface area contributed by atoms with Crippen LogP contribution >= 0.6 is 0 Å². The molecule has 3 heterocycles. The highest BCUT2D eigenvalue weighted by atomic mass is 16.5. The molecule has 2 aliphatic rings. The van der Waals surface area contributed by atoms with Gasteiger partial charge in [0.1, 0.15) is 11.9 Å². The molecule has 0 bridgehead atoms. The average Bonchev–Trinajstić information content (AvgIpc) is 3.31. The van der Waals surface area contributed by atoms with Gasteiger partial charge in [-0.05, 0) is 31.0 Å². The van der Waals surface area contributed by atoms with Crippen LogP contribution in [0.4, 0.5) is 0 Å². The van der Waals surface area contributed by atoms with Gasteiger partial charge in [-0.2, -0.15) is 4.98 Å². The van der Waals surface area contributed by atoms with E-state index in [9.17, 15) is 4.79 Å². The number of rotatable bonds is 5. The number of hydrogen-bond donors (Lipinski definition) is 1. The number of hydrogen-bond acceptors (Lipinski definition) is 6. The maximum Gasteiger partial charge on any atom is 0.234 e. The summed E-state index contributed by atoms with van der Waals surface area (Å²) >= 11 is 0. The normalized spacial score (nSPS) is 22.6. The topological polar surface area (TPSA) is 80.5 Å². The number of amides is 1. The molecular formula is C18H22N4O3. The van der Waals surface area contributed by atoms with Crippen molar-refractivity contribution in [3.8, 4) is 5.75 Å². The van der Waals surface area contributed by atoms with Crippen molar-refractivity contribution in [2.24, 2.45) is 0 Å². The van der Waals surface area contributed by atoms with Gasteiger partial charge >= 0.3 is 0 Å². The molecule has 0 aliphatic carbocycles. The van der Waals surface area contributed by atoms with E-state index in [0.29, 0.717) is 24.8 Å². The lowest BCUT2D eigenvalue weighted by Crippen LogP contribution is -2.41. The Bertz CT molecular complexity index is 735. The molecule has 0 saturated carbocycles. The molecule has 1 aromatic heterocycles. The molecular weight excluding hydrogens is 320 g/mol. The molecule has 0 spiro atoms. The molecule has 0 radical (unpaired) electrons. The first-order valence-corrected chi connectivity index (χ1v) is 8.74. The van der Waals surface area contributed by atoms with Crippen LogP contribution in [0.2, 0.25) is 0 Å². The van der Waals surface area contributed by atoms with Gasteiger partial charge in [-0.25, -0.2) is 0 Å². The molecule has 1 N–H and O–H groups in total. The highest BCUT2D eigenvalue weighted by molar-refractivity contribution is 5.78. The summed E-state index contributed by atoms with van der Waals surface area (Å²) < 4.78 is 10.9. The Kier molecular flexibility index (Phi) is 4.40.